The van der Waals surface area contributed by atoms with Gasteiger partial charge in [-0.2, -0.15) is 0 Å². The number of nitrogens with one attached hydrogen (secondary N) is 1. The van der Waals surface area contributed by atoms with E-state index in [4.69, 9.17) is 21.1 Å². The Hall–Kier alpha value is -2.20. The van der Waals surface area contributed by atoms with Gasteiger partial charge in [0.05, 0.1) is 12.1 Å². The first kappa shape index (κ1) is 18.1. The van der Waals surface area contributed by atoms with Gasteiger partial charge < -0.3 is 14.8 Å². The molecule has 0 aliphatic heterocycles. The van der Waals surface area contributed by atoms with E-state index in [1.807, 2.05) is 12.1 Å². The number of carbonyl (C=O) groups is 1. The lowest BCUT2D eigenvalue weighted by molar-refractivity contribution is 0.0949. The van der Waals surface area contributed by atoms with E-state index in [9.17, 15) is 4.79 Å². The molecule has 1 N–H and O–H groups in total. The van der Waals surface area contributed by atoms with Crippen LogP contribution in [0.5, 0.6) is 11.5 Å². The van der Waals surface area contributed by atoms with Crippen LogP contribution in [0.3, 0.4) is 0 Å². The first-order chi connectivity index (χ1) is 11.5. The minimum atomic E-state index is -0.106. The zero-order valence-electron chi connectivity index (χ0n) is 14.1. The molecule has 2 rings (SSSR count). The zero-order chi connectivity index (χ0) is 17.5. The van der Waals surface area contributed by atoms with Crippen LogP contribution in [0.1, 0.15) is 29.8 Å². The Morgan fingerprint density at radius 3 is 2.58 bits per heavy atom. The van der Waals surface area contributed by atoms with E-state index in [-0.39, 0.29) is 12.5 Å². The molecule has 0 aliphatic rings. The number of methoxy groups -OCH3 is 1. The van der Waals surface area contributed by atoms with E-state index in [2.05, 4.69) is 19.2 Å². The van der Waals surface area contributed by atoms with Crippen molar-refractivity contribution in [2.45, 2.75) is 20.5 Å². The van der Waals surface area contributed by atoms with E-state index in [1.165, 1.54) is 0 Å². The summed E-state index contributed by atoms with van der Waals surface area (Å²) in [5.74, 6) is 1.55. The average Bonchev–Trinajstić information content (AvgIpc) is 2.58. The van der Waals surface area contributed by atoms with Gasteiger partial charge in [-0.25, -0.2) is 0 Å². The van der Waals surface area contributed by atoms with Crippen LogP contribution in [0.4, 0.5) is 0 Å². The summed E-state index contributed by atoms with van der Waals surface area (Å²) in [5, 5.41) is 3.45. The van der Waals surface area contributed by atoms with Gasteiger partial charge in [-0.15, -0.1) is 0 Å². The summed E-state index contributed by atoms with van der Waals surface area (Å²) in [6, 6.07) is 12.6. The molecule has 0 atom stereocenters. The molecule has 1 amide bonds. The maximum absolute atomic E-state index is 12.2. The fourth-order valence-corrected chi connectivity index (χ4v) is 2.34. The molecule has 0 saturated carbocycles. The minimum Gasteiger partial charge on any atom is -0.496 e. The van der Waals surface area contributed by atoms with E-state index >= 15 is 0 Å². The third-order valence-electron chi connectivity index (χ3n) is 3.43. The Morgan fingerprint density at radius 1 is 1.17 bits per heavy atom. The molecule has 0 spiro atoms. The second-order valence-corrected chi connectivity index (χ2v) is 6.26. The SMILES string of the molecule is COc1ccc(C(=O)NCC(C)C)cc1COc1ccccc1Cl. The number of para-hydroxylation sites is 1. The predicted octanol–water partition coefficient (Wildman–Crippen LogP) is 4.31. The summed E-state index contributed by atoms with van der Waals surface area (Å²) in [7, 11) is 1.59. The molecule has 24 heavy (non-hydrogen) atoms. The monoisotopic (exact) mass is 347 g/mol. The quantitative estimate of drug-likeness (QED) is 0.811. The highest BCUT2D eigenvalue weighted by atomic mass is 35.5. The second kappa shape index (κ2) is 8.60. The number of ether oxygens (including phenoxy) is 2. The molecule has 4 nitrogen and oxygen atoms in total. The van der Waals surface area contributed by atoms with Crippen molar-refractivity contribution in [1.82, 2.24) is 5.32 Å². The van der Waals surface area contributed by atoms with Gasteiger partial charge in [0.15, 0.2) is 0 Å². The van der Waals surface area contributed by atoms with Crippen molar-refractivity contribution in [2.24, 2.45) is 5.92 Å². The van der Waals surface area contributed by atoms with Gasteiger partial charge in [-0.3, -0.25) is 4.79 Å². The molecule has 0 aliphatic carbocycles. The van der Waals surface area contributed by atoms with E-state index in [1.54, 1.807) is 37.4 Å². The van der Waals surface area contributed by atoms with E-state index in [0.717, 1.165) is 5.56 Å². The number of hydrogen-bond donors (Lipinski definition) is 1. The van der Waals surface area contributed by atoms with Crippen molar-refractivity contribution in [1.29, 1.82) is 0 Å². The zero-order valence-corrected chi connectivity index (χ0v) is 14.9. The van der Waals surface area contributed by atoms with Crippen molar-refractivity contribution >= 4 is 17.5 Å². The Bertz CT molecular complexity index is 701. The fraction of sp³-hybridized carbons (Fsp3) is 0.316. The molecule has 5 heteroatoms. The third kappa shape index (κ3) is 4.90. The Balaban J connectivity index is 2.14. The lowest BCUT2D eigenvalue weighted by atomic mass is 10.1. The molecule has 0 fully saturated rings. The van der Waals surface area contributed by atoms with Crippen molar-refractivity contribution in [3.05, 3.63) is 58.6 Å². The smallest absolute Gasteiger partial charge is 0.251 e. The Kier molecular flexibility index (Phi) is 6.50. The van der Waals surface area contributed by atoms with Gasteiger partial charge in [-0.1, -0.05) is 37.6 Å². The van der Waals surface area contributed by atoms with Gasteiger partial charge in [0, 0.05) is 17.7 Å². The summed E-state index contributed by atoms with van der Waals surface area (Å²) >= 11 is 6.10. The van der Waals surface area contributed by atoms with E-state index in [0.29, 0.717) is 34.5 Å². The number of hydrogen-bond acceptors (Lipinski definition) is 3. The number of halogens is 1. The number of amides is 1. The largest absolute Gasteiger partial charge is 0.496 e. The second-order valence-electron chi connectivity index (χ2n) is 5.85. The lowest BCUT2D eigenvalue weighted by Gasteiger charge is -2.13. The van der Waals surface area contributed by atoms with Crippen molar-refractivity contribution in [3.8, 4) is 11.5 Å². The summed E-state index contributed by atoms with van der Waals surface area (Å²) in [5.41, 5.74) is 1.36. The molecule has 0 unspecified atom stereocenters. The molecule has 0 radical (unpaired) electrons. The number of benzene rings is 2. The molecule has 2 aromatic rings. The van der Waals surface area contributed by atoms with Crippen molar-refractivity contribution in [3.63, 3.8) is 0 Å². The first-order valence-corrected chi connectivity index (χ1v) is 8.21. The van der Waals surface area contributed by atoms with Gasteiger partial charge in [0.2, 0.25) is 0 Å². The highest BCUT2D eigenvalue weighted by molar-refractivity contribution is 6.32. The maximum Gasteiger partial charge on any atom is 0.251 e. The average molecular weight is 348 g/mol. The Morgan fingerprint density at radius 2 is 1.92 bits per heavy atom. The van der Waals surface area contributed by atoms with Crippen LogP contribution in [0.2, 0.25) is 5.02 Å². The van der Waals surface area contributed by atoms with Crippen LogP contribution in [0.25, 0.3) is 0 Å². The normalized spacial score (nSPS) is 10.5. The summed E-state index contributed by atoms with van der Waals surface area (Å²) in [6.45, 7) is 5.00. The first-order valence-electron chi connectivity index (χ1n) is 7.83. The third-order valence-corrected chi connectivity index (χ3v) is 3.75. The molecule has 0 bridgehead atoms. The van der Waals surface area contributed by atoms with Crippen LogP contribution >= 0.6 is 11.6 Å². The molecule has 0 saturated heterocycles. The molecular weight excluding hydrogens is 326 g/mol. The van der Waals surface area contributed by atoms with E-state index < -0.39 is 0 Å². The minimum absolute atomic E-state index is 0.106. The van der Waals surface area contributed by atoms with Gasteiger partial charge in [0.1, 0.15) is 18.1 Å². The Labute approximate surface area is 147 Å². The summed E-state index contributed by atoms with van der Waals surface area (Å²) < 4.78 is 11.1. The summed E-state index contributed by atoms with van der Waals surface area (Å²) in [4.78, 5) is 12.2. The van der Waals surface area contributed by atoms with Crippen LogP contribution < -0.4 is 14.8 Å². The summed E-state index contributed by atoms with van der Waals surface area (Å²) in [6.07, 6.45) is 0. The van der Waals surface area contributed by atoms with Gasteiger partial charge >= 0.3 is 0 Å². The van der Waals surface area contributed by atoms with Crippen LogP contribution in [0, 0.1) is 5.92 Å². The number of rotatable bonds is 7. The predicted molar refractivity (Wildman–Crippen MR) is 95.9 cm³/mol. The molecule has 128 valence electrons. The van der Waals surface area contributed by atoms with Gasteiger partial charge in [0.25, 0.3) is 5.91 Å². The topological polar surface area (TPSA) is 47.6 Å². The fourth-order valence-electron chi connectivity index (χ4n) is 2.15. The highest BCUT2D eigenvalue weighted by Gasteiger charge is 2.12. The van der Waals surface area contributed by atoms with Crippen LogP contribution in [-0.2, 0) is 6.61 Å². The molecule has 0 heterocycles. The van der Waals surface area contributed by atoms with Crippen LogP contribution in [-0.4, -0.2) is 19.6 Å². The molecule has 2 aromatic carbocycles. The lowest BCUT2D eigenvalue weighted by Crippen LogP contribution is -2.27. The van der Waals surface area contributed by atoms with Crippen molar-refractivity contribution < 1.29 is 14.3 Å². The number of carbonyl (C=O) groups excluding carboxylic acids is 1. The highest BCUT2D eigenvalue weighted by Crippen LogP contribution is 2.26. The maximum atomic E-state index is 12.2. The molecular formula is C19H22ClNO3. The van der Waals surface area contributed by atoms with Gasteiger partial charge in [-0.05, 0) is 36.2 Å². The molecule has 0 aromatic heterocycles. The van der Waals surface area contributed by atoms with Crippen LogP contribution in [0.15, 0.2) is 42.5 Å². The van der Waals surface area contributed by atoms with Crippen molar-refractivity contribution in [2.75, 3.05) is 13.7 Å². The standard InChI is InChI=1S/C19H22ClNO3/c1-13(2)11-21-19(22)14-8-9-17(23-3)15(10-14)12-24-18-7-5-4-6-16(18)20/h4-10,13H,11-12H2,1-3H3,(H,21,22).